The molecule has 0 aromatic heterocycles. The predicted molar refractivity (Wildman–Crippen MR) is 50.7 cm³/mol. The zero-order valence-electron chi connectivity index (χ0n) is 7.42. The number of carbonyl (C=O) groups is 1. The maximum Gasteiger partial charge on any atom is 0.222 e. The third-order valence-corrected chi connectivity index (χ3v) is 1.31. The van der Waals surface area contributed by atoms with E-state index in [4.69, 9.17) is 0 Å². The van der Waals surface area contributed by atoms with Gasteiger partial charge in [-0.25, -0.2) is 0 Å². The summed E-state index contributed by atoms with van der Waals surface area (Å²) in [6.45, 7) is 0.957. The Kier molecular flexibility index (Phi) is 52.7. The van der Waals surface area contributed by atoms with E-state index in [0.717, 1.165) is 19.4 Å². The summed E-state index contributed by atoms with van der Waals surface area (Å²) in [5.41, 5.74) is 0. The van der Waals surface area contributed by atoms with Gasteiger partial charge in [0, 0.05) is 44.4 Å². The van der Waals surface area contributed by atoms with Crippen molar-refractivity contribution >= 4 is 30.3 Å². The Morgan fingerprint density at radius 1 is 1.08 bits per heavy atom. The number of hydrogen-bond donors (Lipinski definition) is 0. The van der Waals surface area contributed by atoms with Crippen LogP contribution < -0.4 is 0 Å². The van der Waals surface area contributed by atoms with Crippen molar-refractivity contribution in [1.82, 2.24) is 4.90 Å². The van der Waals surface area contributed by atoms with Gasteiger partial charge in [-0.05, 0) is 6.42 Å². The Morgan fingerprint density at radius 3 is 1.54 bits per heavy atom. The van der Waals surface area contributed by atoms with Crippen LogP contribution in [0.2, 0.25) is 0 Å². The first kappa shape index (κ1) is 38.1. The molecule has 13 heavy (non-hydrogen) atoms. The summed E-state index contributed by atoms with van der Waals surface area (Å²) < 4.78 is 0. The Morgan fingerprint density at radius 2 is 1.46 bits per heavy atom. The molecule has 1 aliphatic heterocycles. The Hall–Kier alpha value is 0.0882. The van der Waals surface area contributed by atoms with Crippen LogP contribution in [0.3, 0.4) is 0 Å². The fraction of sp³-hybridized carbons (Fsp3) is 0.800. The van der Waals surface area contributed by atoms with E-state index in [9.17, 15) is 4.79 Å². The molecule has 1 amide bonds. The van der Waals surface area contributed by atoms with Gasteiger partial charge in [0.15, 0.2) is 0 Å². The van der Waals surface area contributed by atoms with Crippen LogP contribution in [0.15, 0.2) is 0 Å². The van der Waals surface area contributed by atoms with Crippen molar-refractivity contribution in [3.05, 3.63) is 0 Å². The Labute approximate surface area is 94.1 Å². The second-order valence-corrected chi connectivity index (χ2v) is 1.92. The zero-order chi connectivity index (χ0) is 5.28. The number of rotatable bonds is 0. The molecule has 0 aromatic carbocycles. The third-order valence-electron chi connectivity index (χ3n) is 1.31. The normalized spacial score (nSPS) is 11.5. The van der Waals surface area contributed by atoms with Crippen LogP contribution >= 0.6 is 0 Å². The minimum Gasteiger partial charge on any atom is -0.412 e. The van der Waals surface area contributed by atoms with Crippen molar-refractivity contribution in [1.29, 1.82) is 0 Å². The van der Waals surface area contributed by atoms with Crippen molar-refractivity contribution in [2.75, 3.05) is 13.6 Å². The fourth-order valence-electron chi connectivity index (χ4n) is 0.783. The van der Waals surface area contributed by atoms with Crippen LogP contribution in [0.4, 0.5) is 0 Å². The molecule has 0 spiro atoms. The van der Waals surface area contributed by atoms with Gasteiger partial charge < -0.3 is 32.3 Å². The largest absolute Gasteiger partial charge is 0.412 e. The van der Waals surface area contributed by atoms with E-state index in [1.54, 1.807) is 4.90 Å². The van der Waals surface area contributed by atoms with Crippen molar-refractivity contribution in [3.63, 3.8) is 0 Å². The smallest absolute Gasteiger partial charge is 0.222 e. The molecule has 10 N–H and O–H groups in total. The van der Waals surface area contributed by atoms with Gasteiger partial charge in [0.05, 0.1) is 0 Å². The van der Waals surface area contributed by atoms with E-state index >= 15 is 0 Å². The standard InChI is InChI=1S/C5H9NO.5H2O.Sb/c1-6-4-2-3-5(6)7;;;;;;/h2-4H2,1H3;5*1H2;. The molecule has 0 saturated carbocycles. The van der Waals surface area contributed by atoms with Gasteiger partial charge in [-0.3, -0.25) is 4.79 Å². The quantitative estimate of drug-likeness (QED) is 0.404. The number of nitrogens with zero attached hydrogens (tertiary/aromatic N) is 1. The van der Waals surface area contributed by atoms with E-state index in [1.165, 1.54) is 0 Å². The molecule has 0 aliphatic carbocycles. The van der Waals surface area contributed by atoms with Gasteiger partial charge in [0.1, 0.15) is 0 Å². The summed E-state index contributed by atoms with van der Waals surface area (Å²) in [5, 5.41) is 0. The Bertz CT molecular complexity index is 103. The molecule has 7 nitrogen and oxygen atoms in total. The van der Waals surface area contributed by atoms with Crippen molar-refractivity contribution < 1.29 is 32.2 Å². The first-order valence-corrected chi connectivity index (χ1v) is 2.54. The van der Waals surface area contributed by atoms with Crippen LogP contribution in [0.1, 0.15) is 12.8 Å². The van der Waals surface area contributed by atoms with E-state index in [2.05, 4.69) is 0 Å². The zero-order valence-corrected chi connectivity index (χ0v) is 9.98. The SMILES string of the molecule is CN1CCCC1=O.O.O.O.O.O.[Sb]. The molecule has 1 rings (SSSR count). The summed E-state index contributed by atoms with van der Waals surface area (Å²) in [4.78, 5) is 12.3. The van der Waals surface area contributed by atoms with E-state index < -0.39 is 0 Å². The molecule has 1 heterocycles. The number of likely N-dealkylation sites (tertiary alicyclic amines) is 1. The maximum atomic E-state index is 10.5. The summed E-state index contributed by atoms with van der Waals surface area (Å²) in [5.74, 6) is 0.292. The van der Waals surface area contributed by atoms with Gasteiger partial charge >= 0.3 is 0 Å². The first-order chi connectivity index (χ1) is 3.30. The molecule has 85 valence electrons. The number of carbonyl (C=O) groups excluding carboxylic acids is 1. The van der Waals surface area contributed by atoms with Gasteiger partial charge in [-0.15, -0.1) is 0 Å². The molecule has 1 aliphatic rings. The average Bonchev–Trinajstić information content (AvgIpc) is 1.91. The Balaban J connectivity index is -0.0000000204. The van der Waals surface area contributed by atoms with E-state index in [-0.39, 0.29) is 51.8 Å². The van der Waals surface area contributed by atoms with Crippen LogP contribution in [-0.2, 0) is 4.79 Å². The van der Waals surface area contributed by atoms with Crippen LogP contribution in [0.25, 0.3) is 0 Å². The maximum absolute atomic E-state index is 10.5. The number of hydrogen-bond acceptors (Lipinski definition) is 1. The average molecular weight is 311 g/mol. The summed E-state index contributed by atoms with van der Waals surface area (Å²) >= 11 is 0. The molecule has 3 radical (unpaired) electrons. The summed E-state index contributed by atoms with van der Waals surface area (Å²) in [7, 11) is 1.84. The van der Waals surface area contributed by atoms with Gasteiger partial charge in [-0.2, -0.15) is 0 Å². The van der Waals surface area contributed by atoms with Crippen molar-refractivity contribution in [3.8, 4) is 0 Å². The fourth-order valence-corrected chi connectivity index (χ4v) is 0.783. The minimum atomic E-state index is 0. The monoisotopic (exact) mass is 310 g/mol. The van der Waals surface area contributed by atoms with E-state index in [1.807, 2.05) is 7.05 Å². The molecule has 1 saturated heterocycles. The van der Waals surface area contributed by atoms with Crippen LogP contribution in [0.5, 0.6) is 0 Å². The predicted octanol–water partition coefficient (Wildman–Crippen LogP) is -4.27. The second-order valence-electron chi connectivity index (χ2n) is 1.92. The van der Waals surface area contributed by atoms with Crippen LogP contribution in [0, 0.1) is 0 Å². The van der Waals surface area contributed by atoms with Crippen molar-refractivity contribution in [2.24, 2.45) is 0 Å². The summed E-state index contributed by atoms with van der Waals surface area (Å²) in [6, 6.07) is 0. The topological polar surface area (TPSA) is 178 Å². The van der Waals surface area contributed by atoms with Gasteiger partial charge in [0.25, 0.3) is 0 Å². The molecule has 0 bridgehead atoms. The van der Waals surface area contributed by atoms with Gasteiger partial charge in [-0.1, -0.05) is 0 Å². The minimum absolute atomic E-state index is 0. The molecule has 1 fully saturated rings. The second kappa shape index (κ2) is 18.0. The summed E-state index contributed by atoms with van der Waals surface area (Å²) in [6.07, 6.45) is 1.81. The third kappa shape index (κ3) is 12.1. The molecule has 0 atom stereocenters. The molecule has 0 aromatic rings. The van der Waals surface area contributed by atoms with E-state index in [0.29, 0.717) is 5.91 Å². The molecule has 0 unspecified atom stereocenters. The van der Waals surface area contributed by atoms with Crippen molar-refractivity contribution in [2.45, 2.75) is 12.8 Å². The van der Waals surface area contributed by atoms with Crippen LogP contribution in [-0.4, -0.2) is 76.2 Å². The number of amides is 1. The van der Waals surface area contributed by atoms with Gasteiger partial charge in [0.2, 0.25) is 5.91 Å². The molecular formula is C5H19NO6Sb. The molecular weight excluding hydrogens is 292 g/mol. The first-order valence-electron chi connectivity index (χ1n) is 2.54. The molecule has 8 heteroatoms.